The Balaban J connectivity index is 1.69. The number of aromatic nitrogens is 1. The molecule has 0 saturated heterocycles. The van der Waals surface area contributed by atoms with E-state index in [1.807, 2.05) is 19.9 Å². The van der Waals surface area contributed by atoms with Gasteiger partial charge in [0.2, 0.25) is 0 Å². The zero-order valence-electron chi connectivity index (χ0n) is 13.8. The van der Waals surface area contributed by atoms with Crippen LogP contribution in [0.4, 0.5) is 10.1 Å². The molecule has 0 fully saturated rings. The average Bonchev–Trinajstić information content (AvgIpc) is 2.89. The highest BCUT2D eigenvalue weighted by Gasteiger charge is 2.11. The summed E-state index contributed by atoms with van der Waals surface area (Å²) in [4.78, 5) is 24.0. The topological polar surface area (TPSA) is 60.3 Å². The van der Waals surface area contributed by atoms with Gasteiger partial charge in [-0.05, 0) is 56.3 Å². The molecule has 0 unspecified atom stereocenters. The summed E-state index contributed by atoms with van der Waals surface area (Å²) < 4.78 is 20.7. The summed E-state index contributed by atoms with van der Waals surface area (Å²) in [6, 6.07) is 10.9. The van der Waals surface area contributed by atoms with E-state index in [4.69, 9.17) is 4.74 Å². The Kier molecular flexibility index (Phi) is 4.85. The molecule has 3 aromatic rings. The zero-order valence-corrected chi connectivity index (χ0v) is 14.6. The van der Waals surface area contributed by atoms with Crippen molar-refractivity contribution in [3.63, 3.8) is 0 Å². The molecule has 0 saturated carbocycles. The van der Waals surface area contributed by atoms with E-state index in [0.717, 1.165) is 21.6 Å². The molecule has 0 spiro atoms. The molecule has 25 heavy (non-hydrogen) atoms. The molecule has 2 aromatic carbocycles. The second-order valence-corrected chi connectivity index (χ2v) is 6.80. The Morgan fingerprint density at radius 1 is 1.24 bits per heavy atom. The van der Waals surface area contributed by atoms with Crippen molar-refractivity contribution >= 4 is 33.1 Å². The summed E-state index contributed by atoms with van der Waals surface area (Å²) in [7, 11) is 0. The van der Waals surface area contributed by atoms with Crippen LogP contribution < -0.4 is 14.9 Å². The van der Waals surface area contributed by atoms with E-state index in [-0.39, 0.29) is 29.2 Å². The van der Waals surface area contributed by atoms with Crippen LogP contribution in [0.3, 0.4) is 0 Å². The van der Waals surface area contributed by atoms with Gasteiger partial charge >= 0.3 is 4.87 Å². The molecular weight excluding hydrogens is 343 g/mol. The predicted molar refractivity (Wildman–Crippen MR) is 97.0 cm³/mol. The second kappa shape index (κ2) is 7.06. The van der Waals surface area contributed by atoms with Crippen molar-refractivity contribution in [3.8, 4) is 5.75 Å². The summed E-state index contributed by atoms with van der Waals surface area (Å²) in [6.07, 6.45) is 0. The molecule has 7 heteroatoms. The molecule has 1 N–H and O–H groups in total. The van der Waals surface area contributed by atoms with Gasteiger partial charge in [-0.3, -0.25) is 14.2 Å². The molecule has 0 aliphatic rings. The van der Waals surface area contributed by atoms with Crippen molar-refractivity contribution < 1.29 is 13.9 Å². The number of carbonyl (C=O) groups is 1. The minimum atomic E-state index is -0.363. The number of carbonyl (C=O) groups excluding carboxylic acids is 1. The fourth-order valence-corrected chi connectivity index (χ4v) is 3.53. The lowest BCUT2D eigenvalue weighted by molar-refractivity contribution is -0.118. The monoisotopic (exact) mass is 360 g/mol. The van der Waals surface area contributed by atoms with E-state index in [1.54, 1.807) is 16.7 Å². The first-order valence-electron chi connectivity index (χ1n) is 7.77. The van der Waals surface area contributed by atoms with E-state index in [9.17, 15) is 14.0 Å². The van der Waals surface area contributed by atoms with Crippen molar-refractivity contribution in [1.82, 2.24) is 4.57 Å². The number of nitrogens with zero attached hydrogens (tertiary/aromatic N) is 1. The third kappa shape index (κ3) is 3.88. The Bertz CT molecular complexity index is 961. The minimum absolute atomic E-state index is 0.0203. The third-order valence-corrected chi connectivity index (χ3v) is 4.52. The number of hydrogen-bond acceptors (Lipinski definition) is 4. The first kappa shape index (κ1) is 17.2. The first-order chi connectivity index (χ1) is 11.9. The van der Waals surface area contributed by atoms with Crippen LogP contribution in [0.2, 0.25) is 0 Å². The van der Waals surface area contributed by atoms with E-state index >= 15 is 0 Å². The van der Waals surface area contributed by atoms with E-state index in [0.29, 0.717) is 11.4 Å². The van der Waals surface area contributed by atoms with Crippen molar-refractivity contribution in [2.24, 2.45) is 0 Å². The summed E-state index contributed by atoms with van der Waals surface area (Å²) in [6.45, 7) is 3.72. The highest BCUT2D eigenvalue weighted by atomic mass is 32.1. The molecule has 1 heterocycles. The summed E-state index contributed by atoms with van der Waals surface area (Å²) in [5.74, 6) is -0.282. The molecule has 0 bridgehead atoms. The molecule has 0 atom stereocenters. The van der Waals surface area contributed by atoms with Gasteiger partial charge in [-0.2, -0.15) is 0 Å². The summed E-state index contributed by atoms with van der Waals surface area (Å²) in [5, 5.41) is 2.73. The van der Waals surface area contributed by atoms with Crippen LogP contribution in [-0.2, 0) is 4.79 Å². The number of nitrogens with one attached hydrogen (secondary N) is 1. The van der Waals surface area contributed by atoms with Gasteiger partial charge in [0.25, 0.3) is 5.91 Å². The minimum Gasteiger partial charge on any atom is -0.484 e. The van der Waals surface area contributed by atoms with Crippen molar-refractivity contribution in [2.75, 3.05) is 11.9 Å². The van der Waals surface area contributed by atoms with Crippen molar-refractivity contribution in [2.45, 2.75) is 19.9 Å². The Morgan fingerprint density at radius 3 is 2.64 bits per heavy atom. The lowest BCUT2D eigenvalue weighted by Gasteiger charge is -2.09. The van der Waals surface area contributed by atoms with Gasteiger partial charge in [-0.15, -0.1) is 0 Å². The van der Waals surface area contributed by atoms with Gasteiger partial charge in [0.05, 0.1) is 10.2 Å². The normalized spacial score (nSPS) is 11.0. The van der Waals surface area contributed by atoms with Crippen LogP contribution in [0.25, 0.3) is 10.2 Å². The molecule has 1 amide bonds. The molecule has 0 aliphatic heterocycles. The van der Waals surface area contributed by atoms with Crippen LogP contribution in [0.5, 0.6) is 5.75 Å². The number of hydrogen-bond donors (Lipinski definition) is 1. The second-order valence-electron chi connectivity index (χ2n) is 5.80. The number of thiazole rings is 1. The van der Waals surface area contributed by atoms with Crippen molar-refractivity contribution in [1.29, 1.82) is 0 Å². The van der Waals surface area contributed by atoms with Gasteiger partial charge in [0.15, 0.2) is 6.61 Å². The fourth-order valence-electron chi connectivity index (χ4n) is 2.48. The maximum atomic E-state index is 12.8. The number of rotatable bonds is 5. The van der Waals surface area contributed by atoms with Crippen LogP contribution >= 0.6 is 11.3 Å². The average molecular weight is 360 g/mol. The van der Waals surface area contributed by atoms with Gasteiger partial charge in [-0.25, -0.2) is 4.39 Å². The molecule has 130 valence electrons. The van der Waals surface area contributed by atoms with Gasteiger partial charge in [0, 0.05) is 11.7 Å². The van der Waals surface area contributed by atoms with Gasteiger partial charge in [-0.1, -0.05) is 11.3 Å². The van der Waals surface area contributed by atoms with Crippen LogP contribution in [0.15, 0.2) is 47.3 Å². The Morgan fingerprint density at radius 2 is 1.96 bits per heavy atom. The number of fused-ring (bicyclic) bond motifs is 1. The number of amides is 1. The van der Waals surface area contributed by atoms with Crippen molar-refractivity contribution in [3.05, 3.63) is 57.9 Å². The maximum Gasteiger partial charge on any atom is 0.308 e. The molecule has 0 radical (unpaired) electrons. The third-order valence-electron chi connectivity index (χ3n) is 3.60. The smallest absolute Gasteiger partial charge is 0.308 e. The van der Waals surface area contributed by atoms with Gasteiger partial charge in [0.1, 0.15) is 11.6 Å². The van der Waals surface area contributed by atoms with Gasteiger partial charge < -0.3 is 10.1 Å². The first-order valence-corrected chi connectivity index (χ1v) is 8.59. The zero-order chi connectivity index (χ0) is 18.0. The summed E-state index contributed by atoms with van der Waals surface area (Å²) in [5.41, 5.74) is 1.45. The predicted octanol–water partition coefficient (Wildman–Crippen LogP) is 3.80. The Hall–Kier alpha value is -2.67. The summed E-state index contributed by atoms with van der Waals surface area (Å²) >= 11 is 1.15. The number of benzene rings is 2. The Labute approximate surface area is 147 Å². The molecule has 5 nitrogen and oxygen atoms in total. The van der Waals surface area contributed by atoms with Crippen LogP contribution in [0, 0.1) is 5.82 Å². The maximum absolute atomic E-state index is 12.8. The molecule has 0 aliphatic carbocycles. The fraction of sp³-hybridized carbons (Fsp3) is 0.222. The standard InChI is InChI=1S/C18H17FN2O3S/c1-11(2)21-15-8-5-13(9-16(15)25-18(21)23)20-17(22)10-24-14-6-3-12(19)4-7-14/h3-9,11H,10H2,1-2H3,(H,20,22). The van der Waals surface area contributed by atoms with E-state index < -0.39 is 0 Å². The largest absolute Gasteiger partial charge is 0.484 e. The van der Waals surface area contributed by atoms with Crippen LogP contribution in [-0.4, -0.2) is 17.1 Å². The molecular formula is C18H17FN2O3S. The van der Waals surface area contributed by atoms with Crippen LogP contribution in [0.1, 0.15) is 19.9 Å². The highest BCUT2D eigenvalue weighted by Crippen LogP contribution is 2.24. The highest BCUT2D eigenvalue weighted by molar-refractivity contribution is 7.16. The lowest BCUT2D eigenvalue weighted by Crippen LogP contribution is -2.20. The molecule has 3 rings (SSSR count). The number of ether oxygens (including phenoxy) is 1. The quantitative estimate of drug-likeness (QED) is 0.753. The van der Waals surface area contributed by atoms with E-state index in [1.165, 1.54) is 24.3 Å². The SMILES string of the molecule is CC(C)n1c(=O)sc2cc(NC(=O)COc3ccc(F)cc3)ccc21. The number of anilines is 1. The number of halogens is 1. The lowest BCUT2D eigenvalue weighted by atomic mass is 10.2. The van der Waals surface area contributed by atoms with E-state index in [2.05, 4.69) is 5.32 Å². The molecule has 1 aromatic heterocycles.